The molecular weight excluding hydrogens is 296 g/mol. The Bertz CT molecular complexity index is 541. The standard InChI is InChI=1S/C16H26N4O3/c1-4-14(21)20-9-5-6-12(10-20)16(22)17-8-7-13-18-15(11(2)3)19-23-13/h11-12H,4-10H2,1-3H3,(H,17,22). The van der Waals surface area contributed by atoms with Gasteiger partial charge in [0.2, 0.25) is 17.7 Å². The molecule has 23 heavy (non-hydrogen) atoms. The molecule has 0 bridgehead atoms. The predicted molar refractivity (Wildman–Crippen MR) is 84.7 cm³/mol. The third kappa shape index (κ3) is 4.77. The van der Waals surface area contributed by atoms with Gasteiger partial charge in [-0.3, -0.25) is 9.59 Å². The second-order valence-corrected chi connectivity index (χ2v) is 6.27. The monoisotopic (exact) mass is 322 g/mol. The van der Waals surface area contributed by atoms with Gasteiger partial charge in [-0.1, -0.05) is 25.9 Å². The number of hydrogen-bond acceptors (Lipinski definition) is 5. The van der Waals surface area contributed by atoms with Crippen LogP contribution in [0.15, 0.2) is 4.52 Å². The lowest BCUT2D eigenvalue weighted by atomic mass is 9.97. The molecule has 1 atom stereocenters. The van der Waals surface area contributed by atoms with Crippen LogP contribution >= 0.6 is 0 Å². The maximum atomic E-state index is 12.2. The van der Waals surface area contributed by atoms with E-state index in [0.717, 1.165) is 19.4 Å². The van der Waals surface area contributed by atoms with Gasteiger partial charge >= 0.3 is 0 Å². The number of likely N-dealkylation sites (tertiary alicyclic amines) is 1. The minimum absolute atomic E-state index is 0.00204. The average Bonchev–Trinajstić information content (AvgIpc) is 3.03. The second-order valence-electron chi connectivity index (χ2n) is 6.27. The van der Waals surface area contributed by atoms with Gasteiger partial charge in [0.05, 0.1) is 5.92 Å². The first kappa shape index (κ1) is 17.4. The molecule has 0 saturated carbocycles. The van der Waals surface area contributed by atoms with E-state index in [9.17, 15) is 9.59 Å². The van der Waals surface area contributed by atoms with Crippen molar-refractivity contribution in [3.8, 4) is 0 Å². The first-order chi connectivity index (χ1) is 11.0. The summed E-state index contributed by atoms with van der Waals surface area (Å²) < 4.78 is 5.15. The van der Waals surface area contributed by atoms with Crippen LogP contribution in [0.4, 0.5) is 0 Å². The molecule has 1 aromatic rings. The van der Waals surface area contributed by atoms with Crippen molar-refractivity contribution >= 4 is 11.8 Å². The van der Waals surface area contributed by atoms with Crippen LogP contribution in [-0.4, -0.2) is 46.5 Å². The lowest BCUT2D eigenvalue weighted by Gasteiger charge is -2.31. The van der Waals surface area contributed by atoms with Crippen molar-refractivity contribution in [2.45, 2.75) is 52.4 Å². The topological polar surface area (TPSA) is 88.3 Å². The van der Waals surface area contributed by atoms with Gasteiger partial charge in [0.1, 0.15) is 0 Å². The number of rotatable bonds is 6. The molecule has 1 aliphatic heterocycles. The summed E-state index contributed by atoms with van der Waals surface area (Å²) in [6, 6.07) is 0. The molecule has 1 saturated heterocycles. The van der Waals surface area contributed by atoms with Gasteiger partial charge in [0, 0.05) is 38.4 Å². The molecule has 2 heterocycles. The molecule has 1 unspecified atom stereocenters. The number of nitrogens with one attached hydrogen (secondary N) is 1. The van der Waals surface area contributed by atoms with Gasteiger partial charge in [-0.2, -0.15) is 4.98 Å². The summed E-state index contributed by atoms with van der Waals surface area (Å²) in [5.74, 6) is 1.46. The number of aromatic nitrogens is 2. The van der Waals surface area contributed by atoms with Crippen LogP contribution in [0.5, 0.6) is 0 Å². The number of piperidine rings is 1. The molecule has 1 aliphatic rings. The SMILES string of the molecule is CCC(=O)N1CCCC(C(=O)NCCc2nc(C(C)C)no2)C1. The van der Waals surface area contributed by atoms with Crippen molar-refractivity contribution in [2.75, 3.05) is 19.6 Å². The van der Waals surface area contributed by atoms with E-state index in [1.165, 1.54) is 0 Å². The highest BCUT2D eigenvalue weighted by Gasteiger charge is 2.27. The molecule has 1 fully saturated rings. The largest absolute Gasteiger partial charge is 0.355 e. The smallest absolute Gasteiger partial charge is 0.228 e. The van der Waals surface area contributed by atoms with Gasteiger partial charge in [-0.05, 0) is 12.8 Å². The molecule has 1 aromatic heterocycles. The van der Waals surface area contributed by atoms with Crippen molar-refractivity contribution in [3.63, 3.8) is 0 Å². The van der Waals surface area contributed by atoms with Crippen LogP contribution in [0, 0.1) is 5.92 Å². The number of nitrogens with zero attached hydrogens (tertiary/aromatic N) is 3. The second kappa shape index (κ2) is 8.08. The van der Waals surface area contributed by atoms with E-state index in [0.29, 0.717) is 37.6 Å². The lowest BCUT2D eigenvalue weighted by Crippen LogP contribution is -2.45. The molecule has 7 heteroatoms. The highest BCUT2D eigenvalue weighted by atomic mass is 16.5. The number of amides is 2. The molecule has 0 aromatic carbocycles. The van der Waals surface area contributed by atoms with E-state index in [4.69, 9.17) is 4.52 Å². The molecule has 0 aliphatic carbocycles. The van der Waals surface area contributed by atoms with Crippen molar-refractivity contribution in [3.05, 3.63) is 11.7 Å². The van der Waals surface area contributed by atoms with Crippen LogP contribution in [0.25, 0.3) is 0 Å². The summed E-state index contributed by atoms with van der Waals surface area (Å²) >= 11 is 0. The highest BCUT2D eigenvalue weighted by Crippen LogP contribution is 2.17. The van der Waals surface area contributed by atoms with Crippen molar-refractivity contribution in [1.82, 2.24) is 20.4 Å². The summed E-state index contributed by atoms with van der Waals surface area (Å²) in [5, 5.41) is 6.81. The highest BCUT2D eigenvalue weighted by molar-refractivity contribution is 5.81. The Hall–Kier alpha value is -1.92. The molecular formula is C16H26N4O3. The number of carbonyl (C=O) groups is 2. The minimum Gasteiger partial charge on any atom is -0.355 e. The van der Waals surface area contributed by atoms with Crippen LogP contribution in [0.1, 0.15) is 57.7 Å². The zero-order chi connectivity index (χ0) is 16.8. The molecule has 1 N–H and O–H groups in total. The fourth-order valence-electron chi connectivity index (χ4n) is 2.68. The zero-order valence-electron chi connectivity index (χ0n) is 14.2. The summed E-state index contributed by atoms with van der Waals surface area (Å²) in [7, 11) is 0. The molecule has 2 amide bonds. The Kier molecular flexibility index (Phi) is 6.12. The molecule has 0 radical (unpaired) electrons. The van der Waals surface area contributed by atoms with E-state index < -0.39 is 0 Å². The number of hydrogen-bond donors (Lipinski definition) is 1. The summed E-state index contributed by atoms with van der Waals surface area (Å²) in [5.41, 5.74) is 0. The van der Waals surface area contributed by atoms with E-state index in [1.54, 1.807) is 4.90 Å². The fourth-order valence-corrected chi connectivity index (χ4v) is 2.68. The fraction of sp³-hybridized carbons (Fsp3) is 0.750. The maximum absolute atomic E-state index is 12.2. The summed E-state index contributed by atoms with van der Waals surface area (Å²) in [6.45, 7) is 7.61. The maximum Gasteiger partial charge on any atom is 0.228 e. The minimum atomic E-state index is -0.117. The quantitative estimate of drug-likeness (QED) is 0.857. The Morgan fingerprint density at radius 1 is 1.43 bits per heavy atom. The molecule has 128 valence electrons. The lowest BCUT2D eigenvalue weighted by molar-refractivity contribution is -0.135. The van der Waals surface area contributed by atoms with Gasteiger partial charge in [0.15, 0.2) is 5.82 Å². The van der Waals surface area contributed by atoms with Crippen molar-refractivity contribution in [1.29, 1.82) is 0 Å². The molecule has 2 rings (SSSR count). The first-order valence-electron chi connectivity index (χ1n) is 8.39. The predicted octanol–water partition coefficient (Wildman–Crippen LogP) is 1.50. The summed E-state index contributed by atoms with van der Waals surface area (Å²) in [6.07, 6.45) is 2.72. The van der Waals surface area contributed by atoms with Crippen LogP contribution in [0.2, 0.25) is 0 Å². The Morgan fingerprint density at radius 2 is 2.22 bits per heavy atom. The zero-order valence-corrected chi connectivity index (χ0v) is 14.2. The third-order valence-electron chi connectivity index (χ3n) is 4.09. The van der Waals surface area contributed by atoms with Crippen LogP contribution in [0.3, 0.4) is 0 Å². The first-order valence-corrected chi connectivity index (χ1v) is 8.39. The van der Waals surface area contributed by atoms with E-state index in [2.05, 4.69) is 15.5 Å². The normalized spacial score (nSPS) is 18.3. The van der Waals surface area contributed by atoms with E-state index in [-0.39, 0.29) is 23.7 Å². The summed E-state index contributed by atoms with van der Waals surface area (Å²) in [4.78, 5) is 30.1. The van der Waals surface area contributed by atoms with Crippen molar-refractivity contribution < 1.29 is 14.1 Å². The van der Waals surface area contributed by atoms with Crippen molar-refractivity contribution in [2.24, 2.45) is 5.92 Å². The van der Waals surface area contributed by atoms with Crippen LogP contribution < -0.4 is 5.32 Å². The van der Waals surface area contributed by atoms with E-state index >= 15 is 0 Å². The molecule has 0 spiro atoms. The molecule has 7 nitrogen and oxygen atoms in total. The average molecular weight is 322 g/mol. The number of carbonyl (C=O) groups excluding carboxylic acids is 2. The van der Waals surface area contributed by atoms with Gasteiger partial charge < -0.3 is 14.7 Å². The van der Waals surface area contributed by atoms with Gasteiger partial charge in [0.25, 0.3) is 0 Å². The van der Waals surface area contributed by atoms with Gasteiger partial charge in [-0.15, -0.1) is 0 Å². The third-order valence-corrected chi connectivity index (χ3v) is 4.09. The van der Waals surface area contributed by atoms with Crippen LogP contribution in [-0.2, 0) is 16.0 Å². The Labute approximate surface area is 136 Å². The Morgan fingerprint density at radius 3 is 2.87 bits per heavy atom. The van der Waals surface area contributed by atoms with E-state index in [1.807, 2.05) is 20.8 Å². The van der Waals surface area contributed by atoms with Gasteiger partial charge in [-0.25, -0.2) is 0 Å². The Balaban J connectivity index is 1.76.